The molecule has 6 aromatic rings. The Labute approximate surface area is 370 Å². The number of nitrogens with zero attached hydrogens (tertiary/aromatic N) is 6. The Hall–Kier alpha value is -4.60. The molecule has 2 N–H and O–H groups in total. The minimum Gasteiger partial charge on any atom is -0.453 e. The molecule has 0 unspecified atom stereocenters. The van der Waals surface area contributed by atoms with Gasteiger partial charge < -0.3 is 4.74 Å². The molecule has 2 amide bonds. The van der Waals surface area contributed by atoms with Crippen LogP contribution in [0.2, 0.25) is 14.8 Å². The van der Waals surface area contributed by atoms with E-state index in [4.69, 9.17) is 0 Å². The van der Waals surface area contributed by atoms with Crippen molar-refractivity contribution in [3.8, 4) is 11.1 Å². The molecule has 0 radical (unpaired) electrons. The quantitative estimate of drug-likeness (QED) is 0.138. The van der Waals surface area contributed by atoms with Crippen molar-refractivity contribution in [2.24, 2.45) is 0 Å². The van der Waals surface area contributed by atoms with Gasteiger partial charge in [-0.2, -0.15) is 0 Å². The largest absolute Gasteiger partial charge is 0.453 e. The predicted molar refractivity (Wildman–Crippen MR) is 247 cm³/mol. The first-order chi connectivity index (χ1) is 27.9. The van der Waals surface area contributed by atoms with Crippen molar-refractivity contribution in [1.82, 2.24) is 27.9 Å². The molecule has 0 spiro atoms. The number of nitrogens with one attached hydrogen (secondary N) is 2. The normalized spacial score (nSPS) is 13.6. The number of pyridine rings is 4. The van der Waals surface area contributed by atoms with Crippen LogP contribution in [-0.2, 0) is 29.5 Å². The number of methoxy groups -OCH3 is 2. The minimum atomic E-state index is -3.41. The molecule has 6 aromatic heterocycles. The van der Waals surface area contributed by atoms with Crippen LogP contribution in [-0.4, -0.2) is 100.0 Å². The number of ether oxygens (including phenoxy) is 2. The van der Waals surface area contributed by atoms with Crippen LogP contribution in [0.15, 0.2) is 78.1 Å². The number of aromatic nitrogens is 6. The van der Waals surface area contributed by atoms with E-state index in [9.17, 15) is 26.4 Å². The molecule has 20 heteroatoms. The Morgan fingerprint density at radius 1 is 0.705 bits per heavy atom. The fourth-order valence-electron chi connectivity index (χ4n) is 6.17. The van der Waals surface area contributed by atoms with Crippen LogP contribution in [0.5, 0.6) is 0 Å². The fraction of sp³-hybridized carbons (Fsp3) is 0.366. The van der Waals surface area contributed by atoms with Gasteiger partial charge in [-0.15, -0.1) is 0 Å². The second-order valence-electron chi connectivity index (χ2n) is 15.0. The minimum absolute atomic E-state index is 0. The summed E-state index contributed by atoms with van der Waals surface area (Å²) in [5.74, 6) is 0.893. The second-order valence-corrected chi connectivity index (χ2v) is 34.6. The molecule has 0 atom stereocenters. The number of halogens is 1. The van der Waals surface area contributed by atoms with Crippen LogP contribution in [0.1, 0.15) is 51.9 Å². The molecule has 61 heavy (non-hydrogen) atoms. The number of carbonyl (C=O) groups is 2. The molecule has 0 aliphatic heterocycles. The van der Waals surface area contributed by atoms with Gasteiger partial charge in [-0.05, 0) is 85.3 Å². The first-order valence-corrected chi connectivity index (χ1v) is 32.4. The Kier molecular flexibility index (Phi) is 15.8. The molecular weight excluding hydrogens is 995 g/mol. The zero-order chi connectivity index (χ0) is 42.9. The maximum Gasteiger partial charge on any atom is 0.412 e. The SMILES string of the molecule is C.C.COC(=O)Nc1c[c]([Sn]([CH3])([CH3])[CH3])ccn1.COC(=O)Nc1cc(-c2cnc(C)c3c2ccn3S(=O)(=O)C2CC2)ccn1.Cc1ncc(Br)c2ccn(S(=O)(=O)C3CC3)c12. The van der Waals surface area contributed by atoms with Crippen LogP contribution in [0.3, 0.4) is 0 Å². The smallest absolute Gasteiger partial charge is 0.412 e. The average molecular weight is 1050 g/mol. The number of fused-ring (bicyclic) bond motifs is 2. The maximum atomic E-state index is 12.7. The summed E-state index contributed by atoms with van der Waals surface area (Å²) >= 11 is 1.32. The third kappa shape index (κ3) is 11.1. The molecule has 2 saturated carbocycles. The van der Waals surface area contributed by atoms with Crippen LogP contribution in [0.4, 0.5) is 21.2 Å². The van der Waals surface area contributed by atoms with E-state index in [1.165, 1.54) is 25.7 Å². The molecule has 0 bridgehead atoms. The first kappa shape index (κ1) is 49.1. The number of amides is 2. The van der Waals surface area contributed by atoms with E-state index < -0.39 is 50.6 Å². The van der Waals surface area contributed by atoms with E-state index >= 15 is 0 Å². The molecule has 8 rings (SSSR count). The number of anilines is 2. The van der Waals surface area contributed by atoms with E-state index in [0.717, 1.165) is 44.9 Å². The van der Waals surface area contributed by atoms with Gasteiger partial charge in [0.15, 0.2) is 0 Å². The van der Waals surface area contributed by atoms with Gasteiger partial charge in [0.2, 0.25) is 20.0 Å². The summed E-state index contributed by atoms with van der Waals surface area (Å²) in [7, 11) is -4.03. The predicted octanol–water partition coefficient (Wildman–Crippen LogP) is 8.45. The van der Waals surface area contributed by atoms with E-state index in [-0.39, 0.29) is 25.4 Å². The van der Waals surface area contributed by atoms with Crippen molar-refractivity contribution in [2.75, 3.05) is 24.9 Å². The molecular formula is C41H53BrN8O8S2Sn. The number of aryl methyl sites for hydroxylation is 2. The number of hydrogen-bond donors (Lipinski definition) is 2. The Morgan fingerprint density at radius 3 is 1.66 bits per heavy atom. The molecule has 0 aromatic carbocycles. The van der Waals surface area contributed by atoms with Crippen LogP contribution < -0.4 is 14.2 Å². The fourth-order valence-corrected chi connectivity index (χ4v) is 13.4. The van der Waals surface area contributed by atoms with Crippen molar-refractivity contribution in [2.45, 2.75) is 79.7 Å². The van der Waals surface area contributed by atoms with E-state index in [0.29, 0.717) is 41.2 Å². The zero-order valence-electron chi connectivity index (χ0n) is 33.6. The summed E-state index contributed by atoms with van der Waals surface area (Å²) in [4.78, 5) is 46.1. The molecule has 2 fully saturated rings. The van der Waals surface area contributed by atoms with Crippen molar-refractivity contribution in [1.29, 1.82) is 0 Å². The van der Waals surface area contributed by atoms with Gasteiger partial charge in [0.05, 0.1) is 40.0 Å². The second kappa shape index (κ2) is 19.6. The summed E-state index contributed by atoms with van der Waals surface area (Å²) in [6, 6.07) is 11.0. The molecule has 2 aliphatic carbocycles. The van der Waals surface area contributed by atoms with Crippen LogP contribution in [0, 0.1) is 13.8 Å². The third-order valence-electron chi connectivity index (χ3n) is 9.66. The Bertz CT molecular complexity index is 2780. The standard InChI is InChI=1S/C18H18N4O4S.C11H11BrN2O2S.C7H7N2O2.2CH4.3CH3.Sn/c1-11-17-14(6-8-22(17)27(24,25)13-3-4-13)15(10-20-11)12-5-7-19-16(9-12)21-18(23)26-2;1-7-11-9(10(12)6-13-7)4-5-14(11)17(15,16)8-2-3-8;1-11-7(10)9-6-4-2-3-5-8-6;;;;;;/h5-10,13H,3-4H2,1-2H3,(H,19,21,23);4-6,8H,2-3H2,1H3;3-5H,1H3,(H,8,9,10);2*1H4;3*1H3;. The molecule has 328 valence electrons. The summed E-state index contributed by atoms with van der Waals surface area (Å²) in [6.07, 6.45) is 11.7. The van der Waals surface area contributed by atoms with E-state index in [1.807, 2.05) is 25.1 Å². The molecule has 16 nitrogen and oxygen atoms in total. The summed E-state index contributed by atoms with van der Waals surface area (Å²) in [5.41, 5.74) is 4.17. The van der Waals surface area contributed by atoms with Gasteiger partial charge in [0.25, 0.3) is 0 Å². The summed E-state index contributed by atoms with van der Waals surface area (Å²) in [5, 5.41) is 6.23. The van der Waals surface area contributed by atoms with Crippen LogP contribution in [0.25, 0.3) is 32.9 Å². The molecule has 6 heterocycles. The van der Waals surface area contributed by atoms with Crippen LogP contribution >= 0.6 is 15.9 Å². The number of carbonyl (C=O) groups excluding carboxylic acids is 2. The van der Waals surface area contributed by atoms with Gasteiger partial charge in [0.1, 0.15) is 5.82 Å². The van der Waals surface area contributed by atoms with Gasteiger partial charge in [0, 0.05) is 51.8 Å². The van der Waals surface area contributed by atoms with Crippen molar-refractivity contribution >= 4 is 104 Å². The summed E-state index contributed by atoms with van der Waals surface area (Å²) in [6.45, 7) is 3.62. The van der Waals surface area contributed by atoms with Gasteiger partial charge >= 0.3 is 100 Å². The average Bonchev–Trinajstić information content (AvgIpc) is 4.14. The molecule has 2 aliphatic rings. The van der Waals surface area contributed by atoms with Gasteiger partial charge in [-0.3, -0.25) is 15.3 Å². The van der Waals surface area contributed by atoms with E-state index in [2.05, 4.69) is 70.8 Å². The van der Waals surface area contributed by atoms with Gasteiger partial charge in [-0.25, -0.2) is 34.6 Å². The topological polar surface area (TPSA) is 206 Å². The Balaban J connectivity index is 0.000000210. The number of hydrogen-bond acceptors (Lipinski definition) is 12. The van der Waals surface area contributed by atoms with Crippen molar-refractivity contribution < 1.29 is 35.9 Å². The first-order valence-electron chi connectivity index (χ1n) is 18.6. The van der Waals surface area contributed by atoms with E-state index in [1.54, 1.807) is 62.3 Å². The zero-order valence-corrected chi connectivity index (χ0v) is 39.6. The summed E-state index contributed by atoms with van der Waals surface area (Å²) < 4.78 is 64.0. The van der Waals surface area contributed by atoms with Gasteiger partial charge in [-0.1, -0.05) is 14.9 Å². The number of rotatable bonds is 8. The van der Waals surface area contributed by atoms with Crippen molar-refractivity contribution in [3.05, 3.63) is 89.4 Å². The maximum absolute atomic E-state index is 12.7. The van der Waals surface area contributed by atoms with Crippen molar-refractivity contribution in [3.63, 3.8) is 0 Å². The third-order valence-corrected chi connectivity index (χ3v) is 20.5. The Morgan fingerprint density at radius 2 is 1.16 bits per heavy atom. The monoisotopic (exact) mass is 1050 g/mol. The molecule has 0 saturated heterocycles.